The predicted octanol–water partition coefficient (Wildman–Crippen LogP) is 5.67. The van der Waals surface area contributed by atoms with E-state index in [-0.39, 0.29) is 4.90 Å². The number of aryl methyl sites for hydroxylation is 1. The summed E-state index contributed by atoms with van der Waals surface area (Å²) in [6.07, 6.45) is 6.48. The summed E-state index contributed by atoms with van der Waals surface area (Å²) in [5.41, 5.74) is 5.14. The molecule has 9 heteroatoms. The fourth-order valence-electron chi connectivity index (χ4n) is 5.25. The van der Waals surface area contributed by atoms with Crippen molar-refractivity contribution in [1.82, 2.24) is 13.9 Å². The molecule has 0 radical (unpaired) electrons. The standard InChI is InChI=1S/C32H32N4O4S/c1-22-4-11-27(12-5-22)41(38,39)36-21-29(24-8-13-30(40-3)33-19-24)28-18-25(20-34-31(28)36)23-6-9-26(10-7-23)35-16-14-32(2,37)15-17-35/h4-13,18-21,37H,14-17H2,1-3H3. The van der Waals surface area contributed by atoms with Crippen molar-refractivity contribution >= 4 is 26.7 Å². The molecule has 0 saturated carbocycles. The second-order valence-corrected chi connectivity index (χ2v) is 12.7. The van der Waals surface area contributed by atoms with Crippen molar-refractivity contribution in [2.24, 2.45) is 0 Å². The van der Waals surface area contributed by atoms with Gasteiger partial charge in [-0.15, -0.1) is 0 Å². The van der Waals surface area contributed by atoms with Crippen molar-refractivity contribution in [3.63, 3.8) is 0 Å². The molecule has 1 aliphatic rings. The number of rotatable bonds is 6. The van der Waals surface area contributed by atoms with Gasteiger partial charge in [0.1, 0.15) is 0 Å². The van der Waals surface area contributed by atoms with Crippen molar-refractivity contribution in [2.45, 2.75) is 37.2 Å². The molecular formula is C32H32N4O4S. The Morgan fingerprint density at radius 3 is 2.17 bits per heavy atom. The largest absolute Gasteiger partial charge is 0.481 e. The van der Waals surface area contributed by atoms with Crippen LogP contribution in [0.15, 0.2) is 90.2 Å². The molecule has 1 aliphatic heterocycles. The van der Waals surface area contributed by atoms with Crippen LogP contribution < -0.4 is 9.64 Å². The molecule has 41 heavy (non-hydrogen) atoms. The maximum absolute atomic E-state index is 13.8. The van der Waals surface area contributed by atoms with Crippen LogP contribution >= 0.6 is 0 Å². The Morgan fingerprint density at radius 1 is 0.878 bits per heavy atom. The van der Waals surface area contributed by atoms with Gasteiger partial charge in [0, 0.05) is 65.5 Å². The van der Waals surface area contributed by atoms with Gasteiger partial charge in [-0.2, -0.15) is 0 Å². The molecule has 8 nitrogen and oxygen atoms in total. The minimum Gasteiger partial charge on any atom is -0.481 e. The summed E-state index contributed by atoms with van der Waals surface area (Å²) in [4.78, 5) is 11.5. The molecule has 1 N–H and O–H groups in total. The number of nitrogens with zero attached hydrogens (tertiary/aromatic N) is 4. The second kappa shape index (κ2) is 10.3. The molecule has 0 amide bonds. The average molecular weight is 569 g/mol. The van der Waals surface area contributed by atoms with Crippen LogP contribution in [0, 0.1) is 6.92 Å². The van der Waals surface area contributed by atoms with E-state index in [2.05, 4.69) is 39.1 Å². The zero-order valence-electron chi connectivity index (χ0n) is 23.3. The number of piperidine rings is 1. The van der Waals surface area contributed by atoms with E-state index in [0.717, 1.165) is 53.9 Å². The number of benzene rings is 2. The maximum atomic E-state index is 13.8. The van der Waals surface area contributed by atoms with Gasteiger partial charge in [-0.3, -0.25) is 0 Å². The molecular weight excluding hydrogens is 536 g/mol. The third-order valence-corrected chi connectivity index (χ3v) is 9.52. The smallest absolute Gasteiger partial charge is 0.269 e. The number of pyridine rings is 2. The van der Waals surface area contributed by atoms with Crippen molar-refractivity contribution in [1.29, 1.82) is 0 Å². The first-order chi connectivity index (χ1) is 19.6. The molecule has 2 aromatic carbocycles. The third-order valence-electron chi connectivity index (χ3n) is 7.85. The molecule has 4 heterocycles. The Morgan fingerprint density at radius 2 is 1.54 bits per heavy atom. The Bertz CT molecular complexity index is 1800. The molecule has 0 aliphatic carbocycles. The zero-order chi connectivity index (χ0) is 28.8. The minimum absolute atomic E-state index is 0.195. The molecule has 5 aromatic rings. The molecule has 1 fully saturated rings. The lowest BCUT2D eigenvalue weighted by molar-refractivity contribution is 0.0351. The molecule has 0 unspecified atom stereocenters. The average Bonchev–Trinajstić information content (AvgIpc) is 3.37. The summed E-state index contributed by atoms with van der Waals surface area (Å²) >= 11 is 0. The maximum Gasteiger partial charge on any atom is 0.269 e. The molecule has 3 aromatic heterocycles. The second-order valence-electron chi connectivity index (χ2n) is 10.9. The first-order valence-electron chi connectivity index (χ1n) is 13.6. The van der Waals surface area contributed by atoms with E-state index in [0.29, 0.717) is 22.5 Å². The number of aliphatic hydroxyl groups is 1. The van der Waals surface area contributed by atoms with Crippen LogP contribution in [0.25, 0.3) is 33.3 Å². The molecule has 1 saturated heterocycles. The van der Waals surface area contributed by atoms with Gasteiger partial charge in [0.2, 0.25) is 5.88 Å². The lowest BCUT2D eigenvalue weighted by Gasteiger charge is -2.37. The van der Waals surface area contributed by atoms with E-state index < -0.39 is 15.6 Å². The summed E-state index contributed by atoms with van der Waals surface area (Å²) in [7, 11) is -2.35. The summed E-state index contributed by atoms with van der Waals surface area (Å²) in [6.45, 7) is 5.43. The van der Waals surface area contributed by atoms with E-state index in [9.17, 15) is 13.5 Å². The van der Waals surface area contributed by atoms with Gasteiger partial charge < -0.3 is 14.7 Å². The van der Waals surface area contributed by atoms with E-state index in [1.54, 1.807) is 56.0 Å². The van der Waals surface area contributed by atoms with Gasteiger partial charge in [-0.05, 0) is 68.7 Å². The lowest BCUT2D eigenvalue weighted by Crippen LogP contribution is -2.42. The summed E-state index contributed by atoms with van der Waals surface area (Å²) in [5, 5.41) is 11.0. The van der Waals surface area contributed by atoms with Crippen molar-refractivity contribution in [3.05, 3.63) is 90.9 Å². The quantitative estimate of drug-likeness (QED) is 0.282. The van der Waals surface area contributed by atoms with Gasteiger partial charge in [-0.25, -0.2) is 22.4 Å². The number of aromatic nitrogens is 3. The molecule has 0 atom stereocenters. The molecule has 6 rings (SSSR count). The SMILES string of the molecule is COc1ccc(-c2cn(S(=O)(=O)c3ccc(C)cc3)c3ncc(-c4ccc(N5CCC(C)(O)CC5)cc4)cc23)cn1. The highest BCUT2D eigenvalue weighted by Crippen LogP contribution is 2.35. The number of anilines is 1. The fourth-order valence-corrected chi connectivity index (χ4v) is 6.57. The Labute approximate surface area is 239 Å². The number of methoxy groups -OCH3 is 1. The lowest BCUT2D eigenvalue weighted by atomic mass is 9.93. The molecule has 0 spiro atoms. The first kappa shape index (κ1) is 27.0. The van der Waals surface area contributed by atoms with E-state index in [4.69, 9.17) is 4.74 Å². The zero-order valence-corrected chi connectivity index (χ0v) is 24.1. The number of ether oxygens (including phenoxy) is 1. The topological polar surface area (TPSA) is 97.5 Å². The van der Waals surface area contributed by atoms with Crippen LogP contribution in [0.2, 0.25) is 0 Å². The van der Waals surface area contributed by atoms with E-state index in [1.165, 1.54) is 3.97 Å². The molecule has 210 valence electrons. The number of fused-ring (bicyclic) bond motifs is 1. The van der Waals surface area contributed by atoms with E-state index in [1.807, 2.05) is 26.0 Å². The van der Waals surface area contributed by atoms with Crippen LogP contribution in [0.3, 0.4) is 0 Å². The van der Waals surface area contributed by atoms with Crippen LogP contribution in [0.4, 0.5) is 5.69 Å². The Kier molecular flexibility index (Phi) is 6.79. The highest BCUT2D eigenvalue weighted by molar-refractivity contribution is 7.90. The van der Waals surface area contributed by atoms with Gasteiger partial charge in [0.05, 0.1) is 17.6 Å². The monoisotopic (exact) mass is 568 g/mol. The fraction of sp³-hybridized carbons (Fsp3) is 0.250. The molecule has 0 bridgehead atoms. The Balaban J connectivity index is 1.42. The summed E-state index contributed by atoms with van der Waals surface area (Å²) < 4.78 is 34.0. The minimum atomic E-state index is -3.90. The number of hydrogen-bond donors (Lipinski definition) is 1. The predicted molar refractivity (Wildman–Crippen MR) is 161 cm³/mol. The van der Waals surface area contributed by atoms with Crippen LogP contribution in [0.5, 0.6) is 5.88 Å². The van der Waals surface area contributed by atoms with Crippen molar-refractivity contribution in [2.75, 3.05) is 25.1 Å². The third kappa shape index (κ3) is 5.18. The van der Waals surface area contributed by atoms with Crippen molar-refractivity contribution in [3.8, 4) is 28.1 Å². The first-order valence-corrected chi connectivity index (χ1v) is 15.0. The number of hydrogen-bond acceptors (Lipinski definition) is 7. The normalized spacial score (nSPS) is 15.3. The highest BCUT2D eigenvalue weighted by atomic mass is 32.2. The van der Waals surface area contributed by atoms with Crippen LogP contribution in [-0.4, -0.2) is 53.3 Å². The highest BCUT2D eigenvalue weighted by Gasteiger charge is 2.27. The van der Waals surface area contributed by atoms with Crippen molar-refractivity contribution < 1.29 is 18.3 Å². The van der Waals surface area contributed by atoms with Gasteiger partial charge >= 0.3 is 0 Å². The van der Waals surface area contributed by atoms with Crippen LogP contribution in [-0.2, 0) is 10.0 Å². The summed E-state index contributed by atoms with van der Waals surface area (Å²) in [5.74, 6) is 0.473. The van der Waals surface area contributed by atoms with Gasteiger partial charge in [-0.1, -0.05) is 29.8 Å². The van der Waals surface area contributed by atoms with Crippen LogP contribution in [0.1, 0.15) is 25.3 Å². The Hall–Kier alpha value is -4.21. The van der Waals surface area contributed by atoms with Gasteiger partial charge in [0.15, 0.2) is 5.65 Å². The van der Waals surface area contributed by atoms with E-state index >= 15 is 0 Å². The van der Waals surface area contributed by atoms with Gasteiger partial charge in [0.25, 0.3) is 10.0 Å². The summed E-state index contributed by atoms with van der Waals surface area (Å²) in [6, 6.07) is 20.7.